The van der Waals surface area contributed by atoms with Gasteiger partial charge in [0.15, 0.2) is 0 Å². The molecular weight excluding hydrogens is 242 g/mol. The topological polar surface area (TPSA) is 29.1 Å². The van der Waals surface area contributed by atoms with E-state index in [0.29, 0.717) is 11.8 Å². The number of aryl methyl sites for hydroxylation is 1. The molecule has 2 rings (SSSR count). The van der Waals surface area contributed by atoms with Gasteiger partial charge in [-0.05, 0) is 24.8 Å². The molecule has 1 fully saturated rings. The smallest absolute Gasteiger partial charge is 0.223 e. The molecule has 1 aromatic rings. The minimum absolute atomic E-state index is 0.249. The van der Waals surface area contributed by atoms with Gasteiger partial charge in [-0.2, -0.15) is 11.8 Å². The first kappa shape index (κ1) is 13.5. The SMILES string of the molecule is Cc1ccc(CSCCNC(=O)C2CC2C)cc1. The molecule has 1 aromatic carbocycles. The summed E-state index contributed by atoms with van der Waals surface area (Å²) in [5, 5.41) is 3.01. The van der Waals surface area contributed by atoms with Gasteiger partial charge in [0.25, 0.3) is 0 Å². The van der Waals surface area contributed by atoms with E-state index in [1.54, 1.807) is 0 Å². The first-order valence-electron chi connectivity index (χ1n) is 6.58. The fourth-order valence-corrected chi connectivity index (χ4v) is 2.76. The second-order valence-corrected chi connectivity index (χ2v) is 6.25. The van der Waals surface area contributed by atoms with Gasteiger partial charge < -0.3 is 5.32 Å². The summed E-state index contributed by atoms with van der Waals surface area (Å²) in [6.07, 6.45) is 1.07. The Labute approximate surface area is 114 Å². The molecule has 1 saturated carbocycles. The number of carbonyl (C=O) groups is 1. The second-order valence-electron chi connectivity index (χ2n) is 5.15. The minimum Gasteiger partial charge on any atom is -0.355 e. The molecule has 0 heterocycles. The van der Waals surface area contributed by atoms with Crippen molar-refractivity contribution < 1.29 is 4.79 Å². The Morgan fingerprint density at radius 1 is 1.39 bits per heavy atom. The van der Waals surface area contributed by atoms with Gasteiger partial charge in [0.1, 0.15) is 0 Å². The third kappa shape index (κ3) is 4.05. The molecular formula is C15H21NOS. The van der Waals surface area contributed by atoms with Crippen molar-refractivity contribution in [2.24, 2.45) is 11.8 Å². The zero-order valence-electron chi connectivity index (χ0n) is 11.1. The molecule has 98 valence electrons. The number of rotatable bonds is 6. The summed E-state index contributed by atoms with van der Waals surface area (Å²) in [4.78, 5) is 11.6. The number of hydrogen-bond donors (Lipinski definition) is 1. The van der Waals surface area contributed by atoms with Gasteiger partial charge in [-0.25, -0.2) is 0 Å². The van der Waals surface area contributed by atoms with E-state index in [9.17, 15) is 4.79 Å². The summed E-state index contributed by atoms with van der Waals surface area (Å²) in [5.74, 6) is 3.16. The van der Waals surface area contributed by atoms with Gasteiger partial charge in [0.05, 0.1) is 0 Å². The van der Waals surface area contributed by atoms with Gasteiger partial charge in [0.2, 0.25) is 5.91 Å². The Kier molecular flexibility index (Phi) is 4.70. The quantitative estimate of drug-likeness (QED) is 0.799. The van der Waals surface area contributed by atoms with Crippen LogP contribution in [0.15, 0.2) is 24.3 Å². The number of hydrogen-bond acceptors (Lipinski definition) is 2. The predicted molar refractivity (Wildman–Crippen MR) is 77.6 cm³/mol. The average Bonchev–Trinajstić information content (AvgIpc) is 3.08. The van der Waals surface area contributed by atoms with E-state index >= 15 is 0 Å². The normalized spacial score (nSPS) is 21.7. The van der Waals surface area contributed by atoms with Gasteiger partial charge in [-0.1, -0.05) is 36.8 Å². The molecule has 1 aliphatic rings. The van der Waals surface area contributed by atoms with Crippen LogP contribution in [0.1, 0.15) is 24.5 Å². The Bertz CT molecular complexity index is 401. The number of nitrogens with one attached hydrogen (secondary N) is 1. The summed E-state index contributed by atoms with van der Waals surface area (Å²) >= 11 is 1.87. The Morgan fingerprint density at radius 2 is 2.06 bits per heavy atom. The maximum absolute atomic E-state index is 11.6. The van der Waals surface area contributed by atoms with E-state index in [1.807, 2.05) is 11.8 Å². The van der Waals surface area contributed by atoms with Crippen LogP contribution in [0.5, 0.6) is 0 Å². The summed E-state index contributed by atoms with van der Waals surface area (Å²) in [7, 11) is 0. The molecule has 0 saturated heterocycles. The molecule has 0 aromatic heterocycles. The third-order valence-electron chi connectivity index (χ3n) is 3.38. The van der Waals surface area contributed by atoms with E-state index < -0.39 is 0 Å². The van der Waals surface area contributed by atoms with Crippen LogP contribution >= 0.6 is 11.8 Å². The predicted octanol–water partition coefficient (Wildman–Crippen LogP) is 3.00. The first-order valence-corrected chi connectivity index (χ1v) is 7.73. The molecule has 0 spiro atoms. The van der Waals surface area contributed by atoms with Crippen LogP contribution in [-0.4, -0.2) is 18.2 Å². The van der Waals surface area contributed by atoms with Crippen molar-refractivity contribution in [1.82, 2.24) is 5.32 Å². The monoisotopic (exact) mass is 263 g/mol. The van der Waals surface area contributed by atoms with Crippen molar-refractivity contribution in [1.29, 1.82) is 0 Å². The number of amides is 1. The highest BCUT2D eigenvalue weighted by atomic mass is 32.2. The fourth-order valence-electron chi connectivity index (χ4n) is 1.94. The number of thioether (sulfide) groups is 1. The molecule has 3 heteroatoms. The van der Waals surface area contributed by atoms with Gasteiger partial charge in [0, 0.05) is 24.0 Å². The fraction of sp³-hybridized carbons (Fsp3) is 0.533. The average molecular weight is 263 g/mol. The van der Waals surface area contributed by atoms with Gasteiger partial charge in [-0.15, -0.1) is 0 Å². The highest BCUT2D eigenvalue weighted by Gasteiger charge is 2.38. The largest absolute Gasteiger partial charge is 0.355 e. The number of carbonyl (C=O) groups excluding carboxylic acids is 1. The summed E-state index contributed by atoms with van der Waals surface area (Å²) in [5.41, 5.74) is 2.65. The second kappa shape index (κ2) is 6.28. The van der Waals surface area contributed by atoms with E-state index in [-0.39, 0.29) is 5.91 Å². The van der Waals surface area contributed by atoms with Crippen LogP contribution in [0.4, 0.5) is 0 Å². The highest BCUT2D eigenvalue weighted by Crippen LogP contribution is 2.37. The molecule has 2 nitrogen and oxygen atoms in total. The molecule has 18 heavy (non-hydrogen) atoms. The highest BCUT2D eigenvalue weighted by molar-refractivity contribution is 7.98. The Hall–Kier alpha value is -0.960. The van der Waals surface area contributed by atoms with E-state index in [1.165, 1.54) is 11.1 Å². The van der Waals surface area contributed by atoms with Crippen LogP contribution in [0.2, 0.25) is 0 Å². The van der Waals surface area contributed by atoms with Crippen molar-refractivity contribution >= 4 is 17.7 Å². The maximum Gasteiger partial charge on any atom is 0.223 e. The molecule has 1 amide bonds. The van der Waals surface area contributed by atoms with Crippen LogP contribution in [0.25, 0.3) is 0 Å². The third-order valence-corrected chi connectivity index (χ3v) is 4.41. The number of benzene rings is 1. The van der Waals surface area contributed by atoms with Gasteiger partial charge in [-0.3, -0.25) is 4.79 Å². The molecule has 1 aliphatic carbocycles. The van der Waals surface area contributed by atoms with Crippen LogP contribution < -0.4 is 5.32 Å². The first-order chi connectivity index (χ1) is 8.66. The lowest BCUT2D eigenvalue weighted by Gasteiger charge is -2.05. The lowest BCUT2D eigenvalue weighted by Crippen LogP contribution is -2.27. The molecule has 0 radical (unpaired) electrons. The zero-order chi connectivity index (χ0) is 13.0. The summed E-state index contributed by atoms with van der Waals surface area (Å²) < 4.78 is 0. The standard InChI is InChI=1S/C15H21NOS/c1-11-3-5-13(6-4-11)10-18-8-7-16-15(17)14-9-12(14)2/h3-6,12,14H,7-10H2,1-2H3,(H,16,17). The van der Waals surface area contributed by atoms with E-state index in [0.717, 1.165) is 24.5 Å². The van der Waals surface area contributed by atoms with Crippen LogP contribution in [-0.2, 0) is 10.5 Å². The van der Waals surface area contributed by atoms with E-state index in [4.69, 9.17) is 0 Å². The lowest BCUT2D eigenvalue weighted by molar-refractivity contribution is -0.122. The molecule has 1 N–H and O–H groups in total. The van der Waals surface area contributed by atoms with Crippen LogP contribution in [0, 0.1) is 18.8 Å². The molecule has 0 aliphatic heterocycles. The zero-order valence-corrected chi connectivity index (χ0v) is 11.9. The van der Waals surface area contributed by atoms with Crippen molar-refractivity contribution in [3.8, 4) is 0 Å². The van der Waals surface area contributed by atoms with Crippen molar-refractivity contribution in [3.63, 3.8) is 0 Å². The van der Waals surface area contributed by atoms with E-state index in [2.05, 4.69) is 43.4 Å². The lowest BCUT2D eigenvalue weighted by atomic mass is 10.2. The van der Waals surface area contributed by atoms with Crippen LogP contribution in [0.3, 0.4) is 0 Å². The molecule has 0 bridgehead atoms. The molecule has 2 unspecified atom stereocenters. The maximum atomic E-state index is 11.6. The molecule has 2 atom stereocenters. The van der Waals surface area contributed by atoms with Crippen molar-refractivity contribution in [2.75, 3.05) is 12.3 Å². The summed E-state index contributed by atoms with van der Waals surface area (Å²) in [6, 6.07) is 8.64. The van der Waals surface area contributed by atoms with Crippen molar-refractivity contribution in [3.05, 3.63) is 35.4 Å². The summed E-state index contributed by atoms with van der Waals surface area (Å²) in [6.45, 7) is 5.03. The van der Waals surface area contributed by atoms with Crippen molar-refractivity contribution in [2.45, 2.75) is 26.0 Å². The Balaban J connectivity index is 1.56. The van der Waals surface area contributed by atoms with Gasteiger partial charge >= 0.3 is 0 Å². The Morgan fingerprint density at radius 3 is 2.67 bits per heavy atom. The minimum atomic E-state index is 0.249.